The van der Waals surface area contributed by atoms with Crippen molar-refractivity contribution in [2.24, 2.45) is 0 Å². The van der Waals surface area contributed by atoms with Gasteiger partial charge in [-0.3, -0.25) is 0 Å². The Hall–Kier alpha value is -1.65. The number of anilines is 3. The van der Waals surface area contributed by atoms with Gasteiger partial charge in [0.2, 0.25) is 0 Å². The Morgan fingerprint density at radius 2 is 1.64 bits per heavy atom. The van der Waals surface area contributed by atoms with Crippen LogP contribution in [0.5, 0.6) is 0 Å². The summed E-state index contributed by atoms with van der Waals surface area (Å²) in [5.41, 5.74) is 3.88. The summed E-state index contributed by atoms with van der Waals surface area (Å²) in [5.74, 6) is 0. The van der Waals surface area contributed by atoms with Crippen molar-refractivity contribution in [3.05, 3.63) is 42.5 Å². The monoisotopic (exact) mass is 313 g/mol. The van der Waals surface area contributed by atoms with Crippen LogP contribution < -0.4 is 9.80 Å². The predicted molar refractivity (Wildman–Crippen MR) is 96.9 cm³/mol. The fourth-order valence-corrected chi connectivity index (χ4v) is 3.71. The molecule has 1 heterocycles. The summed E-state index contributed by atoms with van der Waals surface area (Å²) in [4.78, 5) is 9.53. The van der Waals surface area contributed by atoms with Gasteiger partial charge in [-0.1, -0.05) is 23.9 Å². The number of para-hydroxylation sites is 1. The Labute approximate surface area is 137 Å². The van der Waals surface area contributed by atoms with Gasteiger partial charge in [0.15, 0.2) is 0 Å². The van der Waals surface area contributed by atoms with Crippen molar-refractivity contribution in [1.82, 2.24) is 4.90 Å². The molecule has 116 valence electrons. The minimum Gasteiger partial charge on any atom is -0.378 e. The average Bonchev–Trinajstić information content (AvgIpc) is 2.50. The van der Waals surface area contributed by atoms with Crippen LogP contribution in [-0.2, 0) is 0 Å². The molecule has 0 atom stereocenters. The van der Waals surface area contributed by atoms with Gasteiger partial charge < -0.3 is 14.7 Å². The van der Waals surface area contributed by atoms with Crippen molar-refractivity contribution in [1.29, 1.82) is 0 Å². The molecular weight excluding hydrogens is 290 g/mol. The summed E-state index contributed by atoms with van der Waals surface area (Å²) in [5, 5.41) is 0. The largest absolute Gasteiger partial charge is 0.378 e. The van der Waals surface area contributed by atoms with Crippen LogP contribution in [0, 0.1) is 0 Å². The summed E-state index contributed by atoms with van der Waals surface area (Å²) in [7, 11) is 8.44. The maximum absolute atomic E-state index is 2.45. The van der Waals surface area contributed by atoms with E-state index < -0.39 is 0 Å². The summed E-state index contributed by atoms with van der Waals surface area (Å²) < 4.78 is 0. The third-order valence-corrected chi connectivity index (χ3v) is 5.03. The number of rotatable bonds is 4. The summed E-state index contributed by atoms with van der Waals surface area (Å²) in [6.45, 7) is 2.03. The van der Waals surface area contributed by atoms with Crippen LogP contribution in [0.25, 0.3) is 0 Å². The van der Waals surface area contributed by atoms with Crippen LogP contribution in [0.15, 0.2) is 52.3 Å². The Bertz CT molecular complexity index is 667. The molecule has 0 aromatic heterocycles. The molecule has 0 bridgehead atoms. The van der Waals surface area contributed by atoms with Crippen molar-refractivity contribution in [2.45, 2.75) is 9.79 Å². The van der Waals surface area contributed by atoms with Gasteiger partial charge in [0.05, 0.1) is 11.4 Å². The molecule has 0 saturated heterocycles. The maximum atomic E-state index is 2.45. The fourth-order valence-electron chi connectivity index (χ4n) is 2.64. The van der Waals surface area contributed by atoms with Crippen LogP contribution in [0.1, 0.15) is 0 Å². The number of hydrogen-bond donors (Lipinski definition) is 0. The van der Waals surface area contributed by atoms with Gasteiger partial charge in [-0.25, -0.2) is 0 Å². The molecule has 0 saturated carbocycles. The lowest BCUT2D eigenvalue weighted by atomic mass is 10.2. The van der Waals surface area contributed by atoms with Crippen molar-refractivity contribution >= 4 is 28.8 Å². The van der Waals surface area contributed by atoms with Gasteiger partial charge >= 0.3 is 0 Å². The first-order valence-electron chi connectivity index (χ1n) is 7.57. The molecule has 0 unspecified atom stereocenters. The van der Waals surface area contributed by atoms with Crippen molar-refractivity contribution in [2.75, 3.05) is 51.1 Å². The molecule has 1 aliphatic rings. The molecule has 0 spiro atoms. The number of fused-ring (bicyclic) bond motifs is 2. The van der Waals surface area contributed by atoms with E-state index in [9.17, 15) is 0 Å². The molecule has 0 amide bonds. The first-order chi connectivity index (χ1) is 10.6. The topological polar surface area (TPSA) is 9.72 Å². The molecule has 0 N–H and O–H groups in total. The third kappa shape index (κ3) is 2.94. The zero-order valence-corrected chi connectivity index (χ0v) is 14.5. The molecule has 22 heavy (non-hydrogen) atoms. The lowest BCUT2D eigenvalue weighted by Crippen LogP contribution is -2.30. The zero-order valence-electron chi connectivity index (χ0n) is 13.7. The van der Waals surface area contributed by atoms with Crippen molar-refractivity contribution < 1.29 is 0 Å². The highest BCUT2D eigenvalue weighted by Gasteiger charge is 2.23. The summed E-state index contributed by atoms with van der Waals surface area (Å²) >= 11 is 1.87. The first-order valence-corrected chi connectivity index (χ1v) is 8.38. The molecule has 2 aromatic carbocycles. The average molecular weight is 313 g/mol. The van der Waals surface area contributed by atoms with E-state index in [2.05, 4.69) is 85.4 Å². The van der Waals surface area contributed by atoms with E-state index in [4.69, 9.17) is 0 Å². The van der Waals surface area contributed by atoms with Gasteiger partial charge in [-0.15, -0.1) is 0 Å². The minimum atomic E-state index is 0.994. The van der Waals surface area contributed by atoms with Crippen LogP contribution in [0.3, 0.4) is 0 Å². The first kappa shape index (κ1) is 15.3. The summed E-state index contributed by atoms with van der Waals surface area (Å²) in [6, 6.07) is 15.4. The van der Waals surface area contributed by atoms with Crippen LogP contribution >= 0.6 is 11.8 Å². The van der Waals surface area contributed by atoms with E-state index in [1.54, 1.807) is 0 Å². The molecule has 1 aliphatic heterocycles. The predicted octanol–water partition coefficient (Wildman–Crippen LogP) is 3.92. The second kappa shape index (κ2) is 6.23. The summed E-state index contributed by atoms with van der Waals surface area (Å²) in [6.07, 6.45) is 0. The van der Waals surface area contributed by atoms with E-state index in [1.165, 1.54) is 26.9 Å². The number of likely N-dealkylation sites (N-methyl/N-ethyl adjacent to an activating group) is 1. The zero-order chi connectivity index (χ0) is 15.7. The van der Waals surface area contributed by atoms with Gasteiger partial charge in [0.1, 0.15) is 0 Å². The molecule has 2 aromatic rings. The van der Waals surface area contributed by atoms with Crippen LogP contribution in [0.2, 0.25) is 0 Å². The second-order valence-electron chi connectivity index (χ2n) is 6.07. The smallest absolute Gasteiger partial charge is 0.0574 e. The van der Waals surface area contributed by atoms with E-state index in [0.717, 1.165) is 13.1 Å². The standard InChI is InChI=1S/C18H23N3S/c1-19(2)11-12-21-15-7-5-6-8-17(15)22-18-10-9-14(20(3)4)13-16(18)21/h5-10,13H,11-12H2,1-4H3. The lowest BCUT2D eigenvalue weighted by molar-refractivity contribution is 0.418. The quantitative estimate of drug-likeness (QED) is 0.846. The number of benzene rings is 2. The van der Waals surface area contributed by atoms with E-state index in [-0.39, 0.29) is 0 Å². The van der Waals surface area contributed by atoms with E-state index in [1.807, 2.05) is 11.8 Å². The van der Waals surface area contributed by atoms with Gasteiger partial charge in [-0.05, 0) is 44.4 Å². The minimum absolute atomic E-state index is 0.994. The van der Waals surface area contributed by atoms with Crippen molar-refractivity contribution in [3.63, 3.8) is 0 Å². The highest BCUT2D eigenvalue weighted by Crippen LogP contribution is 2.48. The molecule has 3 rings (SSSR count). The highest BCUT2D eigenvalue weighted by molar-refractivity contribution is 7.99. The van der Waals surface area contributed by atoms with Gasteiger partial charge in [0.25, 0.3) is 0 Å². The Kier molecular flexibility index (Phi) is 4.32. The Balaban J connectivity index is 2.04. The third-order valence-electron chi connectivity index (χ3n) is 3.90. The highest BCUT2D eigenvalue weighted by atomic mass is 32.2. The lowest BCUT2D eigenvalue weighted by Gasteiger charge is -2.34. The molecule has 0 fully saturated rings. The number of nitrogens with zero attached hydrogens (tertiary/aromatic N) is 3. The molecule has 0 radical (unpaired) electrons. The molecule has 4 heteroatoms. The molecule has 0 aliphatic carbocycles. The van der Waals surface area contributed by atoms with E-state index >= 15 is 0 Å². The molecule has 3 nitrogen and oxygen atoms in total. The Morgan fingerprint density at radius 3 is 2.36 bits per heavy atom. The SMILES string of the molecule is CN(C)CCN1c2ccccc2Sc2ccc(N(C)C)cc21. The second-order valence-corrected chi connectivity index (χ2v) is 7.15. The van der Waals surface area contributed by atoms with Crippen LogP contribution in [-0.4, -0.2) is 46.2 Å². The van der Waals surface area contributed by atoms with Crippen LogP contribution in [0.4, 0.5) is 17.1 Å². The van der Waals surface area contributed by atoms with Gasteiger partial charge in [0, 0.05) is 42.7 Å². The normalized spacial score (nSPS) is 13.0. The Morgan fingerprint density at radius 1 is 0.909 bits per heavy atom. The molecular formula is C18H23N3S. The maximum Gasteiger partial charge on any atom is 0.0574 e. The number of hydrogen-bond acceptors (Lipinski definition) is 4. The fraction of sp³-hybridized carbons (Fsp3) is 0.333. The van der Waals surface area contributed by atoms with Crippen molar-refractivity contribution in [3.8, 4) is 0 Å². The van der Waals surface area contributed by atoms with Gasteiger partial charge in [-0.2, -0.15) is 0 Å². The van der Waals surface area contributed by atoms with E-state index in [0.29, 0.717) is 0 Å².